The summed E-state index contributed by atoms with van der Waals surface area (Å²) in [5.74, 6) is 1.98. The van der Waals surface area contributed by atoms with Gasteiger partial charge in [-0.2, -0.15) is 4.98 Å². The fraction of sp³-hybridized carbons (Fsp3) is 0.250. The van der Waals surface area contributed by atoms with Crippen molar-refractivity contribution < 1.29 is 14.1 Å². The number of aromatic nitrogens is 2. The molecule has 0 unspecified atom stereocenters. The molecular weight excluding hydrogens is 330 g/mol. The second-order valence-electron chi connectivity index (χ2n) is 6.42. The number of ether oxygens (including phenoxy) is 1. The fourth-order valence-electron chi connectivity index (χ4n) is 2.84. The molecule has 0 spiro atoms. The summed E-state index contributed by atoms with van der Waals surface area (Å²) in [5.41, 5.74) is 1.88. The van der Waals surface area contributed by atoms with E-state index in [1.54, 1.807) is 4.90 Å². The topological polar surface area (TPSA) is 68.5 Å². The molecule has 26 heavy (non-hydrogen) atoms. The Balaban J connectivity index is 1.30. The number of hydrogen-bond donors (Lipinski definition) is 0. The van der Waals surface area contributed by atoms with E-state index in [9.17, 15) is 4.79 Å². The molecule has 0 aliphatic carbocycles. The van der Waals surface area contributed by atoms with Gasteiger partial charge in [0.25, 0.3) is 11.8 Å². The highest BCUT2D eigenvalue weighted by Gasteiger charge is 2.35. The van der Waals surface area contributed by atoms with Crippen molar-refractivity contribution in [2.24, 2.45) is 0 Å². The first-order chi connectivity index (χ1) is 12.7. The number of likely N-dealkylation sites (tertiary alicyclic amines) is 1. The standard InChI is InChI=1S/C20H19N3O3/c1-14-7-9-17(10-8-14)25-13-18-21-19(22-26-18)16-11-23(12-16)20(24)15-5-3-2-4-6-15/h2-10,16H,11-13H2,1H3. The first-order valence-corrected chi connectivity index (χ1v) is 8.55. The van der Waals surface area contributed by atoms with Crippen LogP contribution in [-0.4, -0.2) is 34.0 Å². The number of rotatable bonds is 5. The van der Waals surface area contributed by atoms with E-state index in [0.717, 1.165) is 5.75 Å². The predicted octanol–water partition coefficient (Wildman–Crippen LogP) is 3.20. The normalized spacial score (nSPS) is 14.1. The van der Waals surface area contributed by atoms with Crippen molar-refractivity contribution in [1.29, 1.82) is 0 Å². The maximum absolute atomic E-state index is 12.3. The summed E-state index contributed by atoms with van der Waals surface area (Å²) >= 11 is 0. The van der Waals surface area contributed by atoms with Crippen molar-refractivity contribution in [3.05, 3.63) is 77.4 Å². The van der Waals surface area contributed by atoms with Gasteiger partial charge in [0, 0.05) is 18.7 Å². The van der Waals surface area contributed by atoms with Crippen molar-refractivity contribution in [2.75, 3.05) is 13.1 Å². The number of carbonyl (C=O) groups is 1. The van der Waals surface area contributed by atoms with Crippen molar-refractivity contribution in [1.82, 2.24) is 15.0 Å². The van der Waals surface area contributed by atoms with Gasteiger partial charge in [0.05, 0.1) is 5.92 Å². The number of hydrogen-bond acceptors (Lipinski definition) is 5. The van der Waals surface area contributed by atoms with Crippen LogP contribution in [0.2, 0.25) is 0 Å². The second-order valence-corrected chi connectivity index (χ2v) is 6.42. The molecule has 0 atom stereocenters. The van der Waals surface area contributed by atoms with Crippen molar-refractivity contribution in [2.45, 2.75) is 19.4 Å². The summed E-state index contributed by atoms with van der Waals surface area (Å²) < 4.78 is 10.9. The van der Waals surface area contributed by atoms with Gasteiger partial charge in [-0.25, -0.2) is 0 Å². The van der Waals surface area contributed by atoms with Crippen LogP contribution in [0.3, 0.4) is 0 Å². The molecule has 1 aliphatic rings. The van der Waals surface area contributed by atoms with E-state index in [2.05, 4.69) is 10.1 Å². The quantitative estimate of drug-likeness (QED) is 0.707. The number of nitrogens with zero attached hydrogens (tertiary/aromatic N) is 3. The van der Waals surface area contributed by atoms with E-state index in [1.165, 1.54) is 5.56 Å². The Labute approximate surface area is 151 Å². The van der Waals surface area contributed by atoms with Gasteiger partial charge in [-0.1, -0.05) is 41.1 Å². The maximum atomic E-state index is 12.3. The Morgan fingerprint density at radius 3 is 2.62 bits per heavy atom. The van der Waals surface area contributed by atoms with E-state index in [1.807, 2.05) is 61.5 Å². The molecule has 0 radical (unpaired) electrons. The summed E-state index contributed by atoms with van der Waals surface area (Å²) in [6.07, 6.45) is 0. The van der Waals surface area contributed by atoms with Gasteiger partial charge < -0.3 is 14.2 Å². The average Bonchev–Trinajstić information content (AvgIpc) is 3.09. The zero-order chi connectivity index (χ0) is 17.9. The molecule has 4 rings (SSSR count). The number of amides is 1. The number of carbonyl (C=O) groups excluding carboxylic acids is 1. The van der Waals surface area contributed by atoms with Crippen molar-refractivity contribution >= 4 is 5.91 Å². The lowest BCUT2D eigenvalue weighted by molar-refractivity contribution is 0.0592. The minimum Gasteiger partial charge on any atom is -0.484 e. The number of benzene rings is 2. The van der Waals surface area contributed by atoms with E-state index in [4.69, 9.17) is 9.26 Å². The molecule has 3 aromatic rings. The average molecular weight is 349 g/mol. The van der Waals surface area contributed by atoms with Crippen LogP contribution in [0.15, 0.2) is 59.1 Å². The van der Waals surface area contributed by atoms with Gasteiger partial charge in [-0.3, -0.25) is 4.79 Å². The van der Waals surface area contributed by atoms with Gasteiger partial charge in [-0.05, 0) is 31.2 Å². The van der Waals surface area contributed by atoms with Gasteiger partial charge >= 0.3 is 0 Å². The Kier molecular flexibility index (Phi) is 4.39. The molecule has 2 aromatic carbocycles. The summed E-state index contributed by atoms with van der Waals surface area (Å²) in [4.78, 5) is 18.5. The van der Waals surface area contributed by atoms with E-state index >= 15 is 0 Å². The highest BCUT2D eigenvalue weighted by Crippen LogP contribution is 2.26. The van der Waals surface area contributed by atoms with Crippen LogP contribution in [0.25, 0.3) is 0 Å². The lowest BCUT2D eigenvalue weighted by Gasteiger charge is -2.37. The summed E-state index contributed by atoms with van der Waals surface area (Å²) in [6.45, 7) is 3.46. The zero-order valence-corrected chi connectivity index (χ0v) is 14.5. The molecule has 132 valence electrons. The van der Waals surface area contributed by atoms with Gasteiger partial charge in [0.1, 0.15) is 5.75 Å². The summed E-state index contributed by atoms with van der Waals surface area (Å²) in [5, 5.41) is 4.03. The third kappa shape index (κ3) is 3.44. The van der Waals surface area contributed by atoms with Crippen LogP contribution in [0.4, 0.5) is 0 Å². The zero-order valence-electron chi connectivity index (χ0n) is 14.5. The molecule has 1 fully saturated rings. The largest absolute Gasteiger partial charge is 0.484 e. The van der Waals surface area contributed by atoms with Gasteiger partial charge in [0.2, 0.25) is 0 Å². The first-order valence-electron chi connectivity index (χ1n) is 8.55. The molecular formula is C20H19N3O3. The lowest BCUT2D eigenvalue weighted by atomic mass is 9.98. The Bertz CT molecular complexity index is 884. The van der Waals surface area contributed by atoms with Crippen LogP contribution in [0, 0.1) is 6.92 Å². The lowest BCUT2D eigenvalue weighted by Crippen LogP contribution is -2.48. The van der Waals surface area contributed by atoms with Crippen LogP contribution < -0.4 is 4.74 Å². The molecule has 1 aliphatic heterocycles. The molecule has 0 bridgehead atoms. The molecule has 0 N–H and O–H groups in total. The minimum absolute atomic E-state index is 0.0354. The monoisotopic (exact) mass is 349 g/mol. The number of aryl methyl sites for hydroxylation is 1. The molecule has 2 heterocycles. The Hall–Kier alpha value is -3.15. The van der Waals surface area contributed by atoms with Gasteiger partial charge in [-0.15, -0.1) is 0 Å². The molecule has 1 amide bonds. The Morgan fingerprint density at radius 2 is 1.88 bits per heavy atom. The molecule has 0 saturated carbocycles. The highest BCUT2D eigenvalue weighted by atomic mass is 16.5. The predicted molar refractivity (Wildman–Crippen MR) is 94.9 cm³/mol. The van der Waals surface area contributed by atoms with Gasteiger partial charge in [0.15, 0.2) is 12.4 Å². The van der Waals surface area contributed by atoms with Crippen LogP contribution >= 0.6 is 0 Å². The fourth-order valence-corrected chi connectivity index (χ4v) is 2.84. The molecule has 1 aromatic heterocycles. The maximum Gasteiger partial charge on any atom is 0.264 e. The smallest absolute Gasteiger partial charge is 0.264 e. The van der Waals surface area contributed by atoms with Crippen LogP contribution in [0.5, 0.6) is 5.75 Å². The van der Waals surface area contributed by atoms with Crippen LogP contribution in [-0.2, 0) is 6.61 Å². The van der Waals surface area contributed by atoms with E-state index < -0.39 is 0 Å². The molecule has 6 heteroatoms. The molecule has 6 nitrogen and oxygen atoms in total. The van der Waals surface area contributed by atoms with Crippen molar-refractivity contribution in [3.63, 3.8) is 0 Å². The summed E-state index contributed by atoms with van der Waals surface area (Å²) in [7, 11) is 0. The first kappa shape index (κ1) is 16.3. The van der Waals surface area contributed by atoms with E-state index in [-0.39, 0.29) is 18.4 Å². The Morgan fingerprint density at radius 1 is 1.15 bits per heavy atom. The van der Waals surface area contributed by atoms with Crippen molar-refractivity contribution in [3.8, 4) is 5.75 Å². The third-order valence-corrected chi connectivity index (χ3v) is 4.42. The third-order valence-electron chi connectivity index (χ3n) is 4.42. The molecule has 1 saturated heterocycles. The second kappa shape index (κ2) is 7.00. The summed E-state index contributed by atoms with van der Waals surface area (Å²) in [6, 6.07) is 17.1. The van der Waals surface area contributed by atoms with E-state index in [0.29, 0.717) is 30.4 Å². The minimum atomic E-state index is 0.0354. The highest BCUT2D eigenvalue weighted by molar-refractivity contribution is 5.94. The van der Waals surface area contributed by atoms with Crippen LogP contribution in [0.1, 0.15) is 33.6 Å². The SMILES string of the molecule is Cc1ccc(OCc2nc(C3CN(C(=O)c4ccccc4)C3)no2)cc1.